The van der Waals surface area contributed by atoms with E-state index in [1.54, 1.807) is 0 Å². The first-order valence-electron chi connectivity index (χ1n) is 10.3. The fourth-order valence-corrected chi connectivity index (χ4v) is 6.51. The van der Waals surface area contributed by atoms with Gasteiger partial charge in [0.2, 0.25) is 15.9 Å². The molecule has 2 aliphatic carbocycles. The molecule has 0 spiro atoms. The number of carbonyl (C=O) groups excluding carboxylic acids is 1. The van der Waals surface area contributed by atoms with Crippen LogP contribution in [0.1, 0.15) is 32.1 Å². The Labute approximate surface area is 181 Å². The van der Waals surface area contributed by atoms with Crippen molar-refractivity contribution in [2.75, 3.05) is 27.4 Å². The lowest BCUT2D eigenvalue weighted by atomic mass is 9.76. The summed E-state index contributed by atoms with van der Waals surface area (Å²) in [5.74, 6) is -1.86. The van der Waals surface area contributed by atoms with Gasteiger partial charge in [0.25, 0.3) is 0 Å². The number of hydrogen-bond acceptors (Lipinski definition) is 6. The molecule has 3 rings (SSSR count). The van der Waals surface area contributed by atoms with Gasteiger partial charge < -0.3 is 4.74 Å². The first-order chi connectivity index (χ1) is 14.1. The molecule has 3 aliphatic rings. The van der Waals surface area contributed by atoms with Crippen molar-refractivity contribution >= 4 is 27.5 Å². The molecule has 0 radical (unpaired) electrons. The third-order valence-electron chi connectivity index (χ3n) is 6.57. The first-order valence-corrected chi connectivity index (χ1v) is 12.3. The first kappa shape index (κ1) is 24.1. The number of nitrogens with one attached hydrogen (secondary N) is 3. The SMILES string of the molecule is COC1CCC(S(=O)(=O)NNC(=O)C2CC(C3CN(C)CN3)CC(Cl)C2F)C(F)C1. The van der Waals surface area contributed by atoms with E-state index in [0.29, 0.717) is 19.5 Å². The van der Waals surface area contributed by atoms with Crippen LogP contribution in [-0.4, -0.2) is 81.7 Å². The van der Waals surface area contributed by atoms with Crippen LogP contribution in [0, 0.1) is 11.8 Å². The van der Waals surface area contributed by atoms with E-state index in [0.717, 1.165) is 6.54 Å². The fraction of sp³-hybridized carbons (Fsp3) is 0.944. The van der Waals surface area contributed by atoms with Crippen molar-refractivity contribution in [3.05, 3.63) is 0 Å². The molecule has 8 atom stereocenters. The highest BCUT2D eigenvalue weighted by Crippen LogP contribution is 2.37. The molecule has 174 valence electrons. The minimum Gasteiger partial charge on any atom is -0.381 e. The lowest BCUT2D eigenvalue weighted by molar-refractivity contribution is -0.129. The van der Waals surface area contributed by atoms with E-state index in [1.807, 2.05) is 11.9 Å². The fourth-order valence-electron chi connectivity index (χ4n) is 4.76. The summed E-state index contributed by atoms with van der Waals surface area (Å²) in [6.45, 7) is 1.48. The van der Waals surface area contributed by atoms with E-state index < -0.39 is 44.8 Å². The standard InChI is InChI=1S/C18H31ClF2N4O4S/c1-25-8-15(22-9-25)10-5-12(17(21)13(19)6-10)18(26)23-24-30(27,28)16-4-3-11(29-2)7-14(16)20/h10-17,22,24H,3-9H2,1-2H3,(H,23,26). The number of amides is 1. The van der Waals surface area contributed by atoms with Crippen molar-refractivity contribution in [3.63, 3.8) is 0 Å². The monoisotopic (exact) mass is 472 g/mol. The molecule has 1 saturated heterocycles. The van der Waals surface area contributed by atoms with Crippen LogP contribution in [0.5, 0.6) is 0 Å². The number of carbonyl (C=O) groups is 1. The Morgan fingerprint density at radius 2 is 1.97 bits per heavy atom. The van der Waals surface area contributed by atoms with Gasteiger partial charge in [-0.1, -0.05) is 0 Å². The van der Waals surface area contributed by atoms with Crippen molar-refractivity contribution in [3.8, 4) is 0 Å². The Hall–Kier alpha value is -0.590. The summed E-state index contributed by atoms with van der Waals surface area (Å²) in [5, 5.41) is 1.21. The summed E-state index contributed by atoms with van der Waals surface area (Å²) >= 11 is 6.18. The van der Waals surface area contributed by atoms with Crippen LogP contribution >= 0.6 is 11.6 Å². The Balaban J connectivity index is 1.58. The number of likely N-dealkylation sites (N-methyl/N-ethyl adjacent to an activating group) is 1. The normalized spacial score (nSPS) is 41.0. The van der Waals surface area contributed by atoms with Crippen LogP contribution in [-0.2, 0) is 19.6 Å². The number of hydrazine groups is 1. The number of sulfonamides is 1. The largest absolute Gasteiger partial charge is 0.381 e. The third kappa shape index (κ3) is 5.42. The number of ether oxygens (including phenoxy) is 1. The van der Waals surface area contributed by atoms with Gasteiger partial charge in [-0.15, -0.1) is 16.4 Å². The predicted molar refractivity (Wildman–Crippen MR) is 109 cm³/mol. The summed E-state index contributed by atoms with van der Waals surface area (Å²) in [4.78, 5) is 16.7. The minimum atomic E-state index is -4.15. The highest BCUT2D eigenvalue weighted by molar-refractivity contribution is 7.90. The lowest BCUT2D eigenvalue weighted by Gasteiger charge is -2.37. The van der Waals surface area contributed by atoms with Gasteiger partial charge in [0.15, 0.2) is 0 Å². The molecule has 3 fully saturated rings. The summed E-state index contributed by atoms with van der Waals surface area (Å²) < 4.78 is 59.1. The Morgan fingerprint density at radius 3 is 2.57 bits per heavy atom. The highest BCUT2D eigenvalue weighted by atomic mass is 35.5. The molecule has 12 heteroatoms. The van der Waals surface area contributed by atoms with Gasteiger partial charge in [0, 0.05) is 32.8 Å². The van der Waals surface area contributed by atoms with Crippen LogP contribution in [0.2, 0.25) is 0 Å². The van der Waals surface area contributed by atoms with E-state index in [-0.39, 0.29) is 37.3 Å². The van der Waals surface area contributed by atoms with E-state index in [2.05, 4.69) is 15.6 Å². The van der Waals surface area contributed by atoms with E-state index in [1.165, 1.54) is 7.11 Å². The Bertz CT molecular complexity index is 718. The van der Waals surface area contributed by atoms with E-state index >= 15 is 0 Å². The molecular weight excluding hydrogens is 442 g/mol. The summed E-state index contributed by atoms with van der Waals surface area (Å²) in [6, 6.07) is 0.0963. The van der Waals surface area contributed by atoms with E-state index in [9.17, 15) is 22.0 Å². The second-order valence-electron chi connectivity index (χ2n) is 8.67. The third-order valence-corrected chi connectivity index (χ3v) is 8.70. The van der Waals surface area contributed by atoms with Gasteiger partial charge in [0.1, 0.15) is 17.6 Å². The zero-order valence-electron chi connectivity index (χ0n) is 17.2. The maximum absolute atomic E-state index is 14.7. The average Bonchev–Trinajstić information content (AvgIpc) is 3.14. The highest BCUT2D eigenvalue weighted by Gasteiger charge is 2.45. The van der Waals surface area contributed by atoms with Crippen LogP contribution < -0.4 is 15.6 Å². The number of methoxy groups -OCH3 is 1. The topological polar surface area (TPSA) is 99.8 Å². The Morgan fingerprint density at radius 1 is 1.23 bits per heavy atom. The quantitative estimate of drug-likeness (QED) is 0.388. The molecule has 1 aliphatic heterocycles. The zero-order chi connectivity index (χ0) is 22.1. The molecule has 0 aromatic carbocycles. The van der Waals surface area contributed by atoms with Crippen molar-refractivity contribution in [1.82, 2.24) is 20.5 Å². The van der Waals surface area contributed by atoms with Crippen LogP contribution in [0.25, 0.3) is 0 Å². The van der Waals surface area contributed by atoms with Gasteiger partial charge in [-0.05, 0) is 38.6 Å². The van der Waals surface area contributed by atoms with Crippen molar-refractivity contribution in [2.24, 2.45) is 11.8 Å². The summed E-state index contributed by atoms with van der Waals surface area (Å²) in [7, 11) is -0.734. The molecule has 0 aromatic rings. The summed E-state index contributed by atoms with van der Waals surface area (Å²) in [5.41, 5.74) is 2.10. The molecule has 2 saturated carbocycles. The van der Waals surface area contributed by atoms with Gasteiger partial charge >= 0.3 is 0 Å². The van der Waals surface area contributed by atoms with Crippen molar-refractivity contribution in [1.29, 1.82) is 0 Å². The molecule has 8 nitrogen and oxygen atoms in total. The lowest BCUT2D eigenvalue weighted by Crippen LogP contribution is -2.55. The molecule has 0 bridgehead atoms. The maximum Gasteiger partial charge on any atom is 0.241 e. The van der Waals surface area contributed by atoms with Crippen LogP contribution in [0.3, 0.4) is 0 Å². The molecule has 1 heterocycles. The van der Waals surface area contributed by atoms with Crippen molar-refractivity contribution < 1.29 is 26.7 Å². The Kier molecular flexibility index (Phi) is 7.95. The molecule has 0 aromatic heterocycles. The van der Waals surface area contributed by atoms with Gasteiger partial charge in [0.05, 0.1) is 17.4 Å². The van der Waals surface area contributed by atoms with Gasteiger partial charge in [-0.25, -0.2) is 17.2 Å². The summed E-state index contributed by atoms with van der Waals surface area (Å²) in [6.07, 6.45) is -2.36. The zero-order valence-corrected chi connectivity index (χ0v) is 18.8. The smallest absolute Gasteiger partial charge is 0.241 e. The van der Waals surface area contributed by atoms with Crippen LogP contribution in [0.15, 0.2) is 0 Å². The number of nitrogens with zero attached hydrogens (tertiary/aromatic N) is 1. The van der Waals surface area contributed by atoms with Gasteiger partial charge in [-0.3, -0.25) is 20.4 Å². The molecule has 8 unspecified atom stereocenters. The number of alkyl halides is 3. The molecule has 3 N–H and O–H groups in total. The van der Waals surface area contributed by atoms with Gasteiger partial charge in [-0.2, -0.15) is 0 Å². The number of halogens is 3. The second kappa shape index (κ2) is 9.91. The van der Waals surface area contributed by atoms with E-state index in [4.69, 9.17) is 16.3 Å². The van der Waals surface area contributed by atoms with Crippen LogP contribution in [0.4, 0.5) is 8.78 Å². The molecule has 1 amide bonds. The minimum absolute atomic E-state index is 0.00338. The molecular formula is C18H31ClF2N4O4S. The maximum atomic E-state index is 14.7. The number of rotatable bonds is 6. The predicted octanol–water partition coefficient (Wildman–Crippen LogP) is 0.675. The van der Waals surface area contributed by atoms with Crippen molar-refractivity contribution in [2.45, 2.75) is 67.2 Å². The molecule has 30 heavy (non-hydrogen) atoms. The number of hydrogen-bond donors (Lipinski definition) is 3. The second-order valence-corrected chi connectivity index (χ2v) is 11.1. The average molecular weight is 473 g/mol.